The van der Waals surface area contributed by atoms with Crippen LogP contribution in [0.2, 0.25) is 0 Å². The van der Waals surface area contributed by atoms with Crippen LogP contribution in [-0.2, 0) is 4.79 Å². The van der Waals surface area contributed by atoms with E-state index in [0.717, 1.165) is 44.9 Å². The minimum absolute atomic E-state index is 0.428. The Bertz CT molecular complexity index is 287. The molecule has 0 aromatic heterocycles. The van der Waals surface area contributed by atoms with Gasteiger partial charge >= 0.3 is 0 Å². The third-order valence-electron chi connectivity index (χ3n) is 5.01. The topological polar surface area (TPSA) is 37.3 Å². The molecule has 0 unspecified atom stereocenters. The zero-order valence-electron chi connectivity index (χ0n) is 11.8. The fourth-order valence-electron chi connectivity index (χ4n) is 3.91. The Kier molecular flexibility index (Phi) is 4.83. The fraction of sp³-hybridized carbons (Fsp3) is 0.938. The van der Waals surface area contributed by atoms with Gasteiger partial charge in [-0.25, -0.2) is 0 Å². The van der Waals surface area contributed by atoms with Crippen molar-refractivity contribution in [3.05, 3.63) is 0 Å². The van der Waals surface area contributed by atoms with Crippen molar-refractivity contribution in [3.8, 4) is 0 Å². The van der Waals surface area contributed by atoms with Gasteiger partial charge < -0.3 is 5.11 Å². The second-order valence-electron chi connectivity index (χ2n) is 6.60. The number of rotatable bonds is 6. The number of unbranched alkanes of at least 4 members (excludes halogenated alkanes) is 4. The fourth-order valence-corrected chi connectivity index (χ4v) is 3.91. The van der Waals surface area contributed by atoms with Crippen molar-refractivity contribution in [2.75, 3.05) is 0 Å². The van der Waals surface area contributed by atoms with Crippen LogP contribution >= 0.6 is 0 Å². The van der Waals surface area contributed by atoms with Crippen molar-refractivity contribution in [2.24, 2.45) is 11.8 Å². The Balaban J connectivity index is 1.73. The molecule has 2 heteroatoms. The average Bonchev–Trinajstić information content (AvgIpc) is 2.68. The molecule has 0 aliphatic heterocycles. The number of hydrogen-bond acceptors (Lipinski definition) is 2. The summed E-state index contributed by atoms with van der Waals surface area (Å²) in [6.45, 7) is 2.23. The van der Waals surface area contributed by atoms with E-state index in [9.17, 15) is 9.90 Å². The summed E-state index contributed by atoms with van der Waals surface area (Å²) in [5, 5.41) is 10.6. The van der Waals surface area contributed by atoms with Gasteiger partial charge in [-0.3, -0.25) is 4.79 Å². The highest BCUT2D eigenvalue weighted by Crippen LogP contribution is 2.46. The Morgan fingerprint density at radius 1 is 1.17 bits per heavy atom. The molecule has 2 aliphatic rings. The zero-order valence-corrected chi connectivity index (χ0v) is 11.8. The summed E-state index contributed by atoms with van der Waals surface area (Å²) in [4.78, 5) is 11.5. The van der Waals surface area contributed by atoms with Crippen LogP contribution in [0.25, 0.3) is 0 Å². The number of carbonyl (C=O) groups is 1. The van der Waals surface area contributed by atoms with Crippen LogP contribution in [-0.4, -0.2) is 16.5 Å². The predicted octanol–water partition coefficient (Wildman–Crippen LogP) is 3.86. The molecule has 3 atom stereocenters. The Morgan fingerprint density at radius 3 is 2.67 bits per heavy atom. The first-order valence-corrected chi connectivity index (χ1v) is 7.87. The highest BCUT2D eigenvalue weighted by atomic mass is 16.3. The van der Waals surface area contributed by atoms with Gasteiger partial charge in [0.25, 0.3) is 0 Å². The number of ketones is 1. The van der Waals surface area contributed by atoms with Crippen molar-refractivity contribution >= 4 is 5.78 Å². The number of aliphatic hydroxyl groups is 1. The summed E-state index contributed by atoms with van der Waals surface area (Å²) in [5.41, 5.74) is -0.446. The Labute approximate surface area is 111 Å². The van der Waals surface area contributed by atoms with Gasteiger partial charge in [0.15, 0.2) is 0 Å². The largest absolute Gasteiger partial charge is 0.390 e. The summed E-state index contributed by atoms with van der Waals surface area (Å²) in [6, 6.07) is 0. The maximum absolute atomic E-state index is 11.5. The molecule has 2 saturated carbocycles. The lowest BCUT2D eigenvalue weighted by Gasteiger charge is -2.38. The molecule has 0 heterocycles. The maximum atomic E-state index is 11.5. The first-order valence-electron chi connectivity index (χ1n) is 7.87. The molecule has 0 aromatic rings. The minimum Gasteiger partial charge on any atom is -0.390 e. The van der Waals surface area contributed by atoms with E-state index >= 15 is 0 Å². The van der Waals surface area contributed by atoms with Gasteiger partial charge in [0.2, 0.25) is 0 Å². The van der Waals surface area contributed by atoms with Crippen molar-refractivity contribution in [1.82, 2.24) is 0 Å². The highest BCUT2D eigenvalue weighted by molar-refractivity contribution is 5.81. The van der Waals surface area contributed by atoms with Gasteiger partial charge in [-0.15, -0.1) is 0 Å². The first-order chi connectivity index (χ1) is 8.63. The van der Waals surface area contributed by atoms with Crippen molar-refractivity contribution in [3.63, 3.8) is 0 Å². The van der Waals surface area contributed by atoms with E-state index in [1.807, 2.05) is 0 Å². The summed E-state index contributed by atoms with van der Waals surface area (Å²) in [5.74, 6) is 1.52. The summed E-state index contributed by atoms with van der Waals surface area (Å²) < 4.78 is 0. The number of Topliss-reactive ketones (excluding diaryl/α,β-unsaturated/α-hetero) is 1. The molecule has 0 aromatic carbocycles. The van der Waals surface area contributed by atoms with E-state index in [2.05, 4.69) is 6.92 Å². The van der Waals surface area contributed by atoms with Crippen molar-refractivity contribution in [2.45, 2.75) is 83.2 Å². The molecule has 104 valence electrons. The highest BCUT2D eigenvalue weighted by Gasteiger charge is 2.43. The maximum Gasteiger partial charge on any atom is 0.133 e. The molecule has 0 bridgehead atoms. The summed E-state index contributed by atoms with van der Waals surface area (Å²) >= 11 is 0. The van der Waals surface area contributed by atoms with Gasteiger partial charge in [0.1, 0.15) is 5.78 Å². The smallest absolute Gasteiger partial charge is 0.133 e. The van der Waals surface area contributed by atoms with Crippen LogP contribution in [0, 0.1) is 11.8 Å². The Morgan fingerprint density at radius 2 is 1.89 bits per heavy atom. The van der Waals surface area contributed by atoms with Gasteiger partial charge in [-0.2, -0.15) is 0 Å². The van der Waals surface area contributed by atoms with Crippen LogP contribution < -0.4 is 0 Å². The standard InChI is InChI=1S/C16H28O2/c1-2-3-4-5-6-8-16(18)9-7-13-10-15(17)11-14(13)12-16/h13-14,18H,2-12H2,1H3/t13-,14+,16-/m1/s1. The lowest BCUT2D eigenvalue weighted by atomic mass is 9.71. The van der Waals surface area contributed by atoms with E-state index in [0.29, 0.717) is 17.6 Å². The van der Waals surface area contributed by atoms with E-state index in [4.69, 9.17) is 0 Å². The van der Waals surface area contributed by atoms with Crippen LogP contribution in [0.4, 0.5) is 0 Å². The molecule has 2 fully saturated rings. The van der Waals surface area contributed by atoms with E-state index < -0.39 is 5.60 Å². The molecule has 2 nitrogen and oxygen atoms in total. The molecule has 1 N–H and O–H groups in total. The average molecular weight is 252 g/mol. The summed E-state index contributed by atoms with van der Waals surface area (Å²) in [6.07, 6.45) is 11.7. The minimum atomic E-state index is -0.446. The second kappa shape index (κ2) is 6.18. The second-order valence-corrected chi connectivity index (χ2v) is 6.60. The van der Waals surface area contributed by atoms with E-state index in [1.54, 1.807) is 0 Å². The molecule has 0 saturated heterocycles. The van der Waals surface area contributed by atoms with Crippen molar-refractivity contribution in [1.29, 1.82) is 0 Å². The number of hydrogen-bond donors (Lipinski definition) is 1. The van der Waals surface area contributed by atoms with Crippen molar-refractivity contribution < 1.29 is 9.90 Å². The molecule has 0 spiro atoms. The molecule has 0 amide bonds. The SMILES string of the molecule is CCCCCCC[C@@]1(O)CC[C@@H]2CC(=O)C[C@H]2C1. The van der Waals surface area contributed by atoms with Crippen LogP contribution in [0.15, 0.2) is 0 Å². The first kappa shape index (κ1) is 14.0. The normalized spacial score (nSPS) is 35.8. The monoisotopic (exact) mass is 252 g/mol. The van der Waals surface area contributed by atoms with E-state index in [1.165, 1.54) is 25.7 Å². The van der Waals surface area contributed by atoms with Crippen LogP contribution in [0.3, 0.4) is 0 Å². The third-order valence-corrected chi connectivity index (χ3v) is 5.01. The number of fused-ring (bicyclic) bond motifs is 1. The number of carbonyl (C=O) groups excluding carboxylic acids is 1. The van der Waals surface area contributed by atoms with Gasteiger partial charge in [0, 0.05) is 12.8 Å². The molecule has 18 heavy (non-hydrogen) atoms. The molecular formula is C16H28O2. The lowest BCUT2D eigenvalue weighted by molar-refractivity contribution is -0.117. The van der Waals surface area contributed by atoms with Gasteiger partial charge in [-0.1, -0.05) is 39.0 Å². The van der Waals surface area contributed by atoms with E-state index in [-0.39, 0.29) is 0 Å². The predicted molar refractivity (Wildman–Crippen MR) is 73.4 cm³/mol. The van der Waals surface area contributed by atoms with Gasteiger partial charge in [-0.05, 0) is 37.5 Å². The quantitative estimate of drug-likeness (QED) is 0.729. The zero-order chi connectivity index (χ0) is 13.0. The van der Waals surface area contributed by atoms with Crippen LogP contribution in [0.5, 0.6) is 0 Å². The molecule has 2 aliphatic carbocycles. The lowest BCUT2D eigenvalue weighted by Crippen LogP contribution is -2.37. The Hall–Kier alpha value is -0.370. The van der Waals surface area contributed by atoms with Gasteiger partial charge in [0.05, 0.1) is 5.60 Å². The molecular weight excluding hydrogens is 224 g/mol. The summed E-state index contributed by atoms with van der Waals surface area (Å²) in [7, 11) is 0. The molecule has 2 rings (SSSR count). The molecule has 0 radical (unpaired) electrons. The third kappa shape index (κ3) is 3.57. The van der Waals surface area contributed by atoms with Crippen LogP contribution in [0.1, 0.15) is 77.6 Å².